The summed E-state index contributed by atoms with van der Waals surface area (Å²) in [6.45, 7) is 3.34. The Hall–Kier alpha value is -2.51. The van der Waals surface area contributed by atoms with Gasteiger partial charge >= 0.3 is 12.1 Å². The lowest BCUT2D eigenvalue weighted by Crippen LogP contribution is -2.13. The maximum atomic E-state index is 12.8. The van der Waals surface area contributed by atoms with E-state index in [0.29, 0.717) is 5.82 Å². The highest BCUT2D eigenvalue weighted by atomic mass is 19.4. The fourth-order valence-corrected chi connectivity index (χ4v) is 1.73. The predicted molar refractivity (Wildman–Crippen MR) is 71.0 cm³/mol. The molecule has 0 atom stereocenters. The SMILES string of the molecule is CCOC(=O)c1ccc(C(F)(F)F)nc1-c1cnc(C)nc1. The second-order valence-electron chi connectivity index (χ2n) is 4.33. The molecule has 0 spiro atoms. The zero-order valence-corrected chi connectivity index (χ0v) is 11.8. The monoisotopic (exact) mass is 311 g/mol. The number of carbonyl (C=O) groups is 1. The Kier molecular flexibility index (Phi) is 4.39. The molecule has 0 saturated carbocycles. The third-order valence-corrected chi connectivity index (χ3v) is 2.74. The van der Waals surface area contributed by atoms with Gasteiger partial charge in [0.15, 0.2) is 0 Å². The van der Waals surface area contributed by atoms with Crippen LogP contribution in [-0.4, -0.2) is 27.5 Å². The van der Waals surface area contributed by atoms with Gasteiger partial charge in [0, 0.05) is 18.0 Å². The van der Waals surface area contributed by atoms with E-state index in [0.717, 1.165) is 12.1 Å². The zero-order valence-electron chi connectivity index (χ0n) is 11.8. The predicted octanol–water partition coefficient (Wildman–Crippen LogP) is 3.04. The first-order valence-corrected chi connectivity index (χ1v) is 6.37. The van der Waals surface area contributed by atoms with Crippen LogP contribution in [-0.2, 0) is 10.9 Å². The van der Waals surface area contributed by atoms with Crippen molar-refractivity contribution >= 4 is 5.97 Å². The lowest BCUT2D eigenvalue weighted by atomic mass is 10.1. The highest BCUT2D eigenvalue weighted by Crippen LogP contribution is 2.31. The van der Waals surface area contributed by atoms with Gasteiger partial charge in [-0.25, -0.2) is 19.7 Å². The number of alkyl halides is 3. The molecule has 2 aromatic heterocycles. The topological polar surface area (TPSA) is 65.0 Å². The van der Waals surface area contributed by atoms with Gasteiger partial charge < -0.3 is 4.74 Å². The highest BCUT2D eigenvalue weighted by molar-refractivity contribution is 5.96. The van der Waals surface area contributed by atoms with Gasteiger partial charge in [0.05, 0.1) is 17.9 Å². The van der Waals surface area contributed by atoms with E-state index in [9.17, 15) is 18.0 Å². The number of esters is 1. The van der Waals surface area contributed by atoms with E-state index in [1.807, 2.05) is 0 Å². The molecule has 0 fully saturated rings. The van der Waals surface area contributed by atoms with Crippen LogP contribution in [0.1, 0.15) is 28.8 Å². The Morgan fingerprint density at radius 2 is 1.86 bits per heavy atom. The molecular formula is C14H12F3N3O2. The van der Waals surface area contributed by atoms with Gasteiger partial charge in [0.1, 0.15) is 11.5 Å². The molecule has 0 aromatic carbocycles. The van der Waals surface area contributed by atoms with Gasteiger partial charge in [-0.1, -0.05) is 0 Å². The summed E-state index contributed by atoms with van der Waals surface area (Å²) in [4.78, 5) is 23.2. The molecule has 0 N–H and O–H groups in total. The van der Waals surface area contributed by atoms with Gasteiger partial charge in [0.2, 0.25) is 0 Å². The fourth-order valence-electron chi connectivity index (χ4n) is 1.73. The standard InChI is InChI=1S/C14H12F3N3O2/c1-3-22-13(21)10-4-5-11(14(15,16)17)20-12(10)9-6-18-8(2)19-7-9/h4-7H,3H2,1-2H3. The molecule has 2 rings (SSSR count). The average Bonchev–Trinajstić information content (AvgIpc) is 2.47. The Bertz CT molecular complexity index is 685. The first kappa shape index (κ1) is 15.9. The number of nitrogens with zero attached hydrogens (tertiary/aromatic N) is 3. The number of aryl methyl sites for hydroxylation is 1. The number of halogens is 3. The van der Waals surface area contributed by atoms with Crippen molar-refractivity contribution < 1.29 is 22.7 Å². The van der Waals surface area contributed by atoms with E-state index in [1.165, 1.54) is 12.4 Å². The number of aromatic nitrogens is 3. The maximum Gasteiger partial charge on any atom is 0.433 e. The summed E-state index contributed by atoms with van der Waals surface area (Å²) in [5.74, 6) is -0.298. The molecule has 0 unspecified atom stereocenters. The van der Waals surface area contributed by atoms with Crippen LogP contribution in [0, 0.1) is 6.92 Å². The molecule has 0 aliphatic carbocycles. The van der Waals surface area contributed by atoms with E-state index >= 15 is 0 Å². The summed E-state index contributed by atoms with van der Waals surface area (Å²) in [6, 6.07) is 1.79. The van der Waals surface area contributed by atoms with E-state index in [2.05, 4.69) is 15.0 Å². The van der Waals surface area contributed by atoms with Crippen LogP contribution < -0.4 is 0 Å². The smallest absolute Gasteiger partial charge is 0.433 e. The molecule has 0 radical (unpaired) electrons. The lowest BCUT2D eigenvalue weighted by Gasteiger charge is -2.12. The summed E-state index contributed by atoms with van der Waals surface area (Å²) in [6.07, 6.45) is -1.99. The first-order valence-electron chi connectivity index (χ1n) is 6.37. The molecule has 8 heteroatoms. The third-order valence-electron chi connectivity index (χ3n) is 2.74. The molecule has 0 aliphatic rings. The molecule has 0 bridgehead atoms. The molecular weight excluding hydrogens is 299 g/mol. The second-order valence-corrected chi connectivity index (χ2v) is 4.33. The fraction of sp³-hybridized carbons (Fsp3) is 0.286. The first-order chi connectivity index (χ1) is 10.3. The molecule has 22 heavy (non-hydrogen) atoms. The second kappa shape index (κ2) is 6.08. The van der Waals surface area contributed by atoms with Crippen LogP contribution in [0.25, 0.3) is 11.3 Å². The van der Waals surface area contributed by atoms with Crippen molar-refractivity contribution in [2.75, 3.05) is 6.61 Å². The van der Waals surface area contributed by atoms with Crippen LogP contribution in [0.4, 0.5) is 13.2 Å². The van der Waals surface area contributed by atoms with Crippen molar-refractivity contribution in [3.05, 3.63) is 41.6 Å². The number of carbonyl (C=O) groups excluding carboxylic acids is 1. The molecule has 2 heterocycles. The van der Waals surface area contributed by atoms with E-state index < -0.39 is 17.8 Å². The van der Waals surface area contributed by atoms with Gasteiger partial charge in [-0.05, 0) is 26.0 Å². The van der Waals surface area contributed by atoms with Crippen molar-refractivity contribution in [1.82, 2.24) is 15.0 Å². The van der Waals surface area contributed by atoms with Gasteiger partial charge in [0.25, 0.3) is 0 Å². The molecule has 0 aliphatic heterocycles. The minimum absolute atomic E-state index is 0.0673. The third kappa shape index (κ3) is 3.38. The molecule has 0 saturated heterocycles. The van der Waals surface area contributed by atoms with Crippen LogP contribution in [0.2, 0.25) is 0 Å². The normalized spacial score (nSPS) is 11.3. The zero-order chi connectivity index (χ0) is 16.3. The van der Waals surface area contributed by atoms with E-state index in [1.54, 1.807) is 13.8 Å². The summed E-state index contributed by atoms with van der Waals surface area (Å²) in [5, 5.41) is 0. The number of hydrogen-bond acceptors (Lipinski definition) is 5. The number of rotatable bonds is 3. The summed E-state index contributed by atoms with van der Waals surface area (Å²) in [7, 11) is 0. The van der Waals surface area contributed by atoms with Crippen molar-refractivity contribution in [3.63, 3.8) is 0 Å². The number of hydrogen-bond donors (Lipinski definition) is 0. The largest absolute Gasteiger partial charge is 0.462 e. The summed E-state index contributed by atoms with van der Waals surface area (Å²) in [5.41, 5.74) is -1.12. The lowest BCUT2D eigenvalue weighted by molar-refractivity contribution is -0.141. The Balaban J connectivity index is 2.59. The van der Waals surface area contributed by atoms with Crippen molar-refractivity contribution in [1.29, 1.82) is 0 Å². The van der Waals surface area contributed by atoms with Gasteiger partial charge in [-0.3, -0.25) is 0 Å². The van der Waals surface area contributed by atoms with E-state index in [-0.39, 0.29) is 23.4 Å². The quantitative estimate of drug-likeness (QED) is 0.815. The van der Waals surface area contributed by atoms with Gasteiger partial charge in [-0.15, -0.1) is 0 Å². The summed E-state index contributed by atoms with van der Waals surface area (Å²) < 4.78 is 43.3. The highest BCUT2D eigenvalue weighted by Gasteiger charge is 2.34. The van der Waals surface area contributed by atoms with Crippen LogP contribution >= 0.6 is 0 Å². The van der Waals surface area contributed by atoms with Crippen molar-refractivity contribution in [2.45, 2.75) is 20.0 Å². The molecule has 0 amide bonds. The molecule has 5 nitrogen and oxygen atoms in total. The Morgan fingerprint density at radius 1 is 1.23 bits per heavy atom. The average molecular weight is 311 g/mol. The maximum absolute atomic E-state index is 12.8. The minimum Gasteiger partial charge on any atom is -0.462 e. The Labute approximate surface area is 124 Å². The number of ether oxygens (including phenoxy) is 1. The number of pyridine rings is 1. The Morgan fingerprint density at radius 3 is 2.41 bits per heavy atom. The van der Waals surface area contributed by atoms with Crippen LogP contribution in [0.15, 0.2) is 24.5 Å². The molecule has 116 valence electrons. The minimum atomic E-state index is -4.62. The van der Waals surface area contributed by atoms with Crippen molar-refractivity contribution in [2.24, 2.45) is 0 Å². The molecule has 2 aromatic rings. The van der Waals surface area contributed by atoms with E-state index in [4.69, 9.17) is 4.74 Å². The van der Waals surface area contributed by atoms with Crippen molar-refractivity contribution in [3.8, 4) is 11.3 Å². The van der Waals surface area contributed by atoms with Crippen LogP contribution in [0.5, 0.6) is 0 Å². The summed E-state index contributed by atoms with van der Waals surface area (Å²) >= 11 is 0. The van der Waals surface area contributed by atoms with Crippen LogP contribution in [0.3, 0.4) is 0 Å². The van der Waals surface area contributed by atoms with Gasteiger partial charge in [-0.2, -0.15) is 13.2 Å².